The smallest absolute Gasteiger partial charge is 0.256 e. The van der Waals surface area contributed by atoms with E-state index in [0.717, 1.165) is 16.7 Å². The maximum absolute atomic E-state index is 13.0. The van der Waals surface area contributed by atoms with E-state index in [1.54, 1.807) is 16.8 Å². The van der Waals surface area contributed by atoms with E-state index in [4.69, 9.17) is 0 Å². The van der Waals surface area contributed by atoms with Crippen molar-refractivity contribution in [1.29, 1.82) is 0 Å². The van der Waals surface area contributed by atoms with Gasteiger partial charge in [0.2, 0.25) is 0 Å². The first kappa shape index (κ1) is 16.7. The third-order valence-electron chi connectivity index (χ3n) is 4.06. The van der Waals surface area contributed by atoms with Gasteiger partial charge in [-0.25, -0.2) is 9.37 Å². The number of anilines is 1. The predicted octanol–water partition coefficient (Wildman–Crippen LogP) is 4.00. The van der Waals surface area contributed by atoms with E-state index in [0.29, 0.717) is 23.8 Å². The second-order valence-electron chi connectivity index (χ2n) is 5.95. The highest BCUT2D eigenvalue weighted by atomic mass is 19.1. The number of H-pyrrole nitrogens is 1. The van der Waals surface area contributed by atoms with Crippen LogP contribution in [0.15, 0.2) is 67.3 Å². The fourth-order valence-corrected chi connectivity index (χ4v) is 2.79. The van der Waals surface area contributed by atoms with Crippen LogP contribution < -0.4 is 5.32 Å². The Balaban J connectivity index is 1.66. The molecule has 7 heteroatoms. The number of carbonyl (C=O) groups is 1. The van der Waals surface area contributed by atoms with Gasteiger partial charge in [-0.3, -0.25) is 9.48 Å². The van der Waals surface area contributed by atoms with Crippen LogP contribution >= 0.6 is 0 Å². The maximum atomic E-state index is 13.0. The molecule has 4 rings (SSSR count). The molecule has 0 bridgehead atoms. The van der Waals surface area contributed by atoms with Gasteiger partial charge in [-0.1, -0.05) is 18.2 Å². The van der Waals surface area contributed by atoms with Crippen molar-refractivity contribution in [3.63, 3.8) is 0 Å². The third kappa shape index (κ3) is 3.35. The summed E-state index contributed by atoms with van der Waals surface area (Å²) in [6.45, 7) is 4.20. The van der Waals surface area contributed by atoms with E-state index >= 15 is 0 Å². The van der Waals surface area contributed by atoms with Gasteiger partial charge in [0.05, 0.1) is 17.6 Å². The quantitative estimate of drug-likeness (QED) is 0.528. The Morgan fingerprint density at radius 3 is 2.74 bits per heavy atom. The molecule has 4 aromatic rings. The van der Waals surface area contributed by atoms with Crippen LogP contribution in [0.1, 0.15) is 10.4 Å². The van der Waals surface area contributed by atoms with Gasteiger partial charge in [-0.2, -0.15) is 5.10 Å². The molecule has 27 heavy (non-hydrogen) atoms. The molecule has 2 aromatic carbocycles. The number of nitrogens with zero attached hydrogens (tertiary/aromatic N) is 3. The number of aromatic amines is 1. The van der Waals surface area contributed by atoms with E-state index in [1.807, 2.05) is 24.3 Å². The molecular weight excluding hydrogens is 345 g/mol. The van der Waals surface area contributed by atoms with Crippen LogP contribution in [0.2, 0.25) is 0 Å². The van der Waals surface area contributed by atoms with Crippen molar-refractivity contribution in [2.24, 2.45) is 0 Å². The summed E-state index contributed by atoms with van der Waals surface area (Å²) in [4.78, 5) is 20.2. The molecule has 2 heterocycles. The van der Waals surface area contributed by atoms with Crippen LogP contribution in [-0.2, 0) is 6.54 Å². The Hall–Kier alpha value is -3.74. The lowest BCUT2D eigenvalue weighted by Gasteiger charge is -2.02. The number of rotatable bonds is 5. The molecular formula is C20H16FN5O. The number of amides is 1. The first-order valence-corrected chi connectivity index (χ1v) is 8.35. The number of fused-ring (bicyclic) bond motifs is 1. The van der Waals surface area contributed by atoms with Gasteiger partial charge in [-0.15, -0.1) is 6.58 Å². The Morgan fingerprint density at radius 2 is 2.00 bits per heavy atom. The average Bonchev–Trinajstić information content (AvgIpc) is 3.26. The number of para-hydroxylation sites is 2. The van der Waals surface area contributed by atoms with Crippen LogP contribution in [0.4, 0.5) is 10.2 Å². The summed E-state index contributed by atoms with van der Waals surface area (Å²) in [6.07, 6.45) is 1.71. The number of carbonyl (C=O) groups excluding carboxylic acids is 1. The molecule has 134 valence electrons. The lowest BCUT2D eigenvalue weighted by molar-refractivity contribution is 0.102. The van der Waals surface area contributed by atoms with Gasteiger partial charge in [0.15, 0.2) is 11.6 Å². The van der Waals surface area contributed by atoms with Crippen molar-refractivity contribution in [2.75, 3.05) is 5.32 Å². The van der Waals surface area contributed by atoms with Gasteiger partial charge in [0.1, 0.15) is 11.5 Å². The number of allylic oxidation sites excluding steroid dienone is 1. The monoisotopic (exact) mass is 361 g/mol. The molecule has 0 saturated heterocycles. The molecule has 0 aliphatic rings. The summed E-state index contributed by atoms with van der Waals surface area (Å²) in [5, 5.41) is 7.14. The van der Waals surface area contributed by atoms with Gasteiger partial charge >= 0.3 is 0 Å². The number of nitrogens with one attached hydrogen (secondary N) is 2. The number of imidazole rings is 1. The fraction of sp³-hybridized carbons (Fsp3) is 0.0500. The minimum absolute atomic E-state index is 0.347. The second kappa shape index (κ2) is 6.87. The molecule has 0 aliphatic heterocycles. The molecule has 0 saturated carbocycles. The lowest BCUT2D eigenvalue weighted by atomic mass is 10.2. The van der Waals surface area contributed by atoms with Crippen LogP contribution in [-0.4, -0.2) is 25.7 Å². The predicted molar refractivity (Wildman–Crippen MR) is 102 cm³/mol. The number of hydrogen-bond acceptors (Lipinski definition) is 3. The standard InChI is InChI=1S/C20H16FN5O/c1-2-11-26-17(19-22-15-5-3-4-6-16(15)23-19)12-18(25-26)24-20(27)13-7-9-14(21)10-8-13/h2-10,12H,1,11H2,(H,22,23)(H,24,25,27). The summed E-state index contributed by atoms with van der Waals surface area (Å²) >= 11 is 0. The zero-order valence-electron chi connectivity index (χ0n) is 14.3. The van der Waals surface area contributed by atoms with E-state index in [-0.39, 0.29) is 5.91 Å². The van der Waals surface area contributed by atoms with Crippen LogP contribution in [0.5, 0.6) is 0 Å². The van der Waals surface area contributed by atoms with Crippen LogP contribution in [0, 0.1) is 5.82 Å². The van der Waals surface area contributed by atoms with E-state index in [9.17, 15) is 9.18 Å². The lowest BCUT2D eigenvalue weighted by Crippen LogP contribution is -2.12. The summed E-state index contributed by atoms with van der Waals surface area (Å²) in [5.41, 5.74) is 2.83. The molecule has 6 nitrogen and oxygen atoms in total. The van der Waals surface area contributed by atoms with Crippen molar-refractivity contribution >= 4 is 22.8 Å². The summed E-state index contributed by atoms with van der Waals surface area (Å²) in [6, 6.07) is 14.8. The van der Waals surface area contributed by atoms with Crippen molar-refractivity contribution in [3.05, 3.63) is 78.6 Å². The summed E-state index contributed by atoms with van der Waals surface area (Å²) in [5.74, 6) is 0.262. The number of hydrogen-bond donors (Lipinski definition) is 2. The zero-order valence-corrected chi connectivity index (χ0v) is 14.3. The van der Waals surface area contributed by atoms with E-state index in [1.165, 1.54) is 24.3 Å². The Bertz CT molecular complexity index is 1090. The van der Waals surface area contributed by atoms with Gasteiger partial charge in [0, 0.05) is 11.6 Å². The molecule has 0 fully saturated rings. The summed E-state index contributed by atoms with van der Waals surface area (Å²) < 4.78 is 14.7. The molecule has 2 aromatic heterocycles. The van der Waals surface area contributed by atoms with Crippen molar-refractivity contribution in [2.45, 2.75) is 6.54 Å². The Kier molecular flexibility index (Phi) is 4.25. The Labute approximate surface area is 154 Å². The first-order chi connectivity index (χ1) is 13.1. The van der Waals surface area contributed by atoms with Crippen molar-refractivity contribution in [1.82, 2.24) is 19.7 Å². The highest BCUT2D eigenvalue weighted by Gasteiger charge is 2.15. The molecule has 0 aliphatic carbocycles. The maximum Gasteiger partial charge on any atom is 0.256 e. The van der Waals surface area contributed by atoms with Crippen LogP contribution in [0.3, 0.4) is 0 Å². The van der Waals surface area contributed by atoms with Gasteiger partial charge < -0.3 is 10.3 Å². The topological polar surface area (TPSA) is 75.6 Å². The fourth-order valence-electron chi connectivity index (χ4n) is 2.79. The van der Waals surface area contributed by atoms with Crippen LogP contribution in [0.25, 0.3) is 22.6 Å². The normalized spacial score (nSPS) is 10.9. The minimum Gasteiger partial charge on any atom is -0.337 e. The zero-order chi connectivity index (χ0) is 18.8. The van der Waals surface area contributed by atoms with E-state index in [2.05, 4.69) is 27.0 Å². The SMILES string of the molecule is C=CCn1nc(NC(=O)c2ccc(F)cc2)cc1-c1nc2ccccc2[nH]1. The number of benzene rings is 2. The molecule has 1 amide bonds. The molecule has 2 N–H and O–H groups in total. The number of aromatic nitrogens is 4. The molecule has 0 unspecified atom stereocenters. The van der Waals surface area contributed by atoms with E-state index < -0.39 is 5.82 Å². The van der Waals surface area contributed by atoms with Crippen molar-refractivity contribution in [3.8, 4) is 11.5 Å². The highest BCUT2D eigenvalue weighted by Crippen LogP contribution is 2.23. The van der Waals surface area contributed by atoms with Crippen molar-refractivity contribution < 1.29 is 9.18 Å². The van der Waals surface area contributed by atoms with Gasteiger partial charge in [0.25, 0.3) is 5.91 Å². The second-order valence-corrected chi connectivity index (χ2v) is 5.95. The Morgan fingerprint density at radius 1 is 1.22 bits per heavy atom. The largest absolute Gasteiger partial charge is 0.337 e. The third-order valence-corrected chi connectivity index (χ3v) is 4.06. The van der Waals surface area contributed by atoms with Gasteiger partial charge in [-0.05, 0) is 36.4 Å². The average molecular weight is 361 g/mol. The first-order valence-electron chi connectivity index (χ1n) is 8.35. The molecule has 0 spiro atoms. The minimum atomic E-state index is -0.394. The highest BCUT2D eigenvalue weighted by molar-refractivity contribution is 6.03. The molecule has 0 atom stereocenters. The summed E-state index contributed by atoms with van der Waals surface area (Å²) in [7, 11) is 0. The number of halogens is 1. The molecule has 0 radical (unpaired) electrons.